The van der Waals surface area contributed by atoms with Crippen molar-refractivity contribution in [1.82, 2.24) is 21.0 Å². The number of nitrogens with one attached hydrogen (secondary N) is 3. The fraction of sp³-hybridized carbons (Fsp3) is 0.261. The fourth-order valence-corrected chi connectivity index (χ4v) is 3.20. The van der Waals surface area contributed by atoms with Gasteiger partial charge >= 0.3 is 0 Å². The number of H-pyrrole nitrogens is 1. The van der Waals surface area contributed by atoms with E-state index in [1.165, 1.54) is 6.20 Å². The molecule has 0 spiro atoms. The summed E-state index contributed by atoms with van der Waals surface area (Å²) in [6.07, 6.45) is 0.540. The van der Waals surface area contributed by atoms with Gasteiger partial charge in [0.2, 0.25) is 0 Å². The zero-order valence-corrected chi connectivity index (χ0v) is 18.2. The largest absolute Gasteiger partial charge is 0.494 e. The predicted molar refractivity (Wildman–Crippen MR) is 118 cm³/mol. The Morgan fingerprint density at radius 1 is 1.06 bits per heavy atom. The number of carbonyl (C=O) groups excluding carboxylic acids is 2. The van der Waals surface area contributed by atoms with E-state index in [0.29, 0.717) is 54.1 Å². The highest BCUT2D eigenvalue weighted by Crippen LogP contribution is 2.34. The lowest BCUT2D eigenvalue weighted by Gasteiger charge is -2.19. The SMILES string of the molecule is CCOc1ccc(O[C@@H](C)C(=O)NNC(=O)c2cn[nH]c2-c2ccc3c(c2)OCCO3)cc1. The van der Waals surface area contributed by atoms with E-state index < -0.39 is 17.9 Å². The molecule has 10 heteroatoms. The van der Waals surface area contributed by atoms with Gasteiger partial charge in [-0.05, 0) is 56.3 Å². The van der Waals surface area contributed by atoms with Crippen LogP contribution in [0.1, 0.15) is 24.2 Å². The average molecular weight is 452 g/mol. The second-order valence-electron chi connectivity index (χ2n) is 7.12. The molecular formula is C23H24N4O6. The maximum Gasteiger partial charge on any atom is 0.279 e. The van der Waals surface area contributed by atoms with E-state index in [1.807, 2.05) is 6.92 Å². The summed E-state index contributed by atoms with van der Waals surface area (Å²) in [5.41, 5.74) is 6.21. The quantitative estimate of drug-likeness (QED) is 0.471. The molecule has 2 heterocycles. The Balaban J connectivity index is 1.35. The molecule has 3 aromatic rings. The van der Waals surface area contributed by atoms with Gasteiger partial charge in [0.15, 0.2) is 17.6 Å². The van der Waals surface area contributed by atoms with Gasteiger partial charge in [0.05, 0.1) is 24.1 Å². The fourth-order valence-electron chi connectivity index (χ4n) is 3.20. The van der Waals surface area contributed by atoms with Crippen LogP contribution in [-0.4, -0.2) is 47.9 Å². The number of aromatic nitrogens is 2. The molecule has 0 unspecified atom stereocenters. The maximum atomic E-state index is 12.7. The molecule has 0 saturated carbocycles. The minimum absolute atomic E-state index is 0.257. The number of rotatable bonds is 7. The standard InChI is InChI=1S/C23H24N4O6/c1-3-30-16-5-7-17(8-6-16)33-14(2)22(28)26-27-23(29)18-13-24-25-21(18)15-4-9-19-20(12-15)32-11-10-31-19/h4-9,12-14H,3,10-11H2,1-2H3,(H,24,25)(H,26,28)(H,27,29)/t14-/m0/s1. The predicted octanol–water partition coefficient (Wildman–Crippen LogP) is 2.48. The van der Waals surface area contributed by atoms with E-state index in [0.717, 1.165) is 0 Å². The Morgan fingerprint density at radius 2 is 1.79 bits per heavy atom. The van der Waals surface area contributed by atoms with Crippen LogP contribution in [0.5, 0.6) is 23.0 Å². The molecule has 1 atom stereocenters. The molecule has 0 radical (unpaired) electrons. The van der Waals surface area contributed by atoms with Gasteiger partial charge in [-0.25, -0.2) is 0 Å². The molecule has 0 bridgehead atoms. The lowest BCUT2D eigenvalue weighted by molar-refractivity contribution is -0.128. The smallest absolute Gasteiger partial charge is 0.279 e. The third-order valence-corrected chi connectivity index (χ3v) is 4.83. The molecular weight excluding hydrogens is 428 g/mol. The summed E-state index contributed by atoms with van der Waals surface area (Å²) >= 11 is 0. The van der Waals surface area contributed by atoms with Gasteiger partial charge in [0, 0.05) is 5.56 Å². The van der Waals surface area contributed by atoms with Crippen molar-refractivity contribution in [3.63, 3.8) is 0 Å². The molecule has 0 fully saturated rings. The van der Waals surface area contributed by atoms with Crippen LogP contribution in [0.25, 0.3) is 11.3 Å². The number of fused-ring (bicyclic) bond motifs is 1. The highest BCUT2D eigenvalue weighted by atomic mass is 16.6. The summed E-state index contributed by atoms with van der Waals surface area (Å²) in [6.45, 7) is 4.98. The van der Waals surface area contributed by atoms with Crippen LogP contribution in [0.15, 0.2) is 48.7 Å². The van der Waals surface area contributed by atoms with Crippen molar-refractivity contribution in [1.29, 1.82) is 0 Å². The van der Waals surface area contributed by atoms with Crippen LogP contribution in [0.4, 0.5) is 0 Å². The third kappa shape index (κ3) is 5.17. The molecule has 10 nitrogen and oxygen atoms in total. The van der Waals surface area contributed by atoms with Gasteiger partial charge in [-0.2, -0.15) is 5.10 Å². The number of aromatic amines is 1. The second-order valence-corrected chi connectivity index (χ2v) is 7.12. The normalized spacial score (nSPS) is 13.0. The van der Waals surface area contributed by atoms with Crippen LogP contribution in [0.3, 0.4) is 0 Å². The first-order chi connectivity index (χ1) is 16.0. The molecule has 172 valence electrons. The Hall–Kier alpha value is -4.21. The minimum Gasteiger partial charge on any atom is -0.494 e. The first-order valence-electron chi connectivity index (χ1n) is 10.5. The Kier molecular flexibility index (Phi) is 6.63. The lowest BCUT2D eigenvalue weighted by atomic mass is 10.1. The number of hydrazine groups is 1. The van der Waals surface area contributed by atoms with Gasteiger partial charge in [0.25, 0.3) is 11.8 Å². The number of carbonyl (C=O) groups is 2. The molecule has 0 saturated heterocycles. The van der Waals surface area contributed by atoms with Crippen LogP contribution in [0.2, 0.25) is 0 Å². The van der Waals surface area contributed by atoms with Crippen LogP contribution in [-0.2, 0) is 4.79 Å². The Labute approximate surface area is 190 Å². The van der Waals surface area contributed by atoms with Gasteiger partial charge < -0.3 is 18.9 Å². The Morgan fingerprint density at radius 3 is 2.55 bits per heavy atom. The number of ether oxygens (including phenoxy) is 4. The molecule has 1 aromatic heterocycles. The number of benzene rings is 2. The van der Waals surface area contributed by atoms with Gasteiger partial charge in [-0.1, -0.05) is 0 Å². The molecule has 4 rings (SSSR count). The van der Waals surface area contributed by atoms with Crippen LogP contribution >= 0.6 is 0 Å². The minimum atomic E-state index is -0.843. The first kappa shape index (κ1) is 22.0. The molecule has 2 aromatic carbocycles. The summed E-state index contributed by atoms with van der Waals surface area (Å²) in [6, 6.07) is 12.3. The van der Waals surface area contributed by atoms with Gasteiger partial charge in [-0.15, -0.1) is 0 Å². The van der Waals surface area contributed by atoms with Crippen molar-refractivity contribution in [2.24, 2.45) is 0 Å². The van der Waals surface area contributed by atoms with E-state index in [1.54, 1.807) is 49.4 Å². The zero-order valence-electron chi connectivity index (χ0n) is 18.2. The molecule has 33 heavy (non-hydrogen) atoms. The van der Waals surface area contributed by atoms with Crippen molar-refractivity contribution < 1.29 is 28.5 Å². The molecule has 3 N–H and O–H groups in total. The van der Waals surface area contributed by atoms with Crippen molar-refractivity contribution in [3.05, 3.63) is 54.2 Å². The first-order valence-corrected chi connectivity index (χ1v) is 10.5. The molecule has 1 aliphatic rings. The van der Waals surface area contributed by atoms with Gasteiger partial charge in [0.1, 0.15) is 24.7 Å². The number of hydrogen-bond acceptors (Lipinski definition) is 7. The molecule has 0 aliphatic carbocycles. The number of amides is 2. The Bertz CT molecular complexity index is 1130. The second kappa shape index (κ2) is 9.94. The van der Waals surface area contributed by atoms with E-state index in [9.17, 15) is 9.59 Å². The summed E-state index contributed by atoms with van der Waals surface area (Å²) < 4.78 is 22.1. The maximum absolute atomic E-state index is 12.7. The summed E-state index contributed by atoms with van der Waals surface area (Å²) in [4.78, 5) is 25.1. The average Bonchev–Trinajstić information content (AvgIpc) is 3.33. The number of hydrogen-bond donors (Lipinski definition) is 3. The molecule has 1 aliphatic heterocycles. The van der Waals surface area contributed by atoms with Crippen molar-refractivity contribution in [2.75, 3.05) is 19.8 Å². The highest BCUT2D eigenvalue weighted by Gasteiger charge is 2.20. The van der Waals surface area contributed by atoms with Crippen LogP contribution in [0, 0.1) is 0 Å². The van der Waals surface area contributed by atoms with Crippen molar-refractivity contribution in [3.8, 4) is 34.3 Å². The van der Waals surface area contributed by atoms with E-state index in [-0.39, 0.29) is 5.56 Å². The van der Waals surface area contributed by atoms with E-state index in [4.69, 9.17) is 18.9 Å². The highest BCUT2D eigenvalue weighted by molar-refractivity contribution is 6.00. The summed E-state index contributed by atoms with van der Waals surface area (Å²) in [7, 11) is 0. The summed E-state index contributed by atoms with van der Waals surface area (Å²) in [5.74, 6) is 1.40. The van der Waals surface area contributed by atoms with Crippen molar-refractivity contribution in [2.45, 2.75) is 20.0 Å². The monoisotopic (exact) mass is 452 g/mol. The van der Waals surface area contributed by atoms with Gasteiger partial charge in [-0.3, -0.25) is 25.5 Å². The van der Waals surface area contributed by atoms with E-state index in [2.05, 4.69) is 21.0 Å². The van der Waals surface area contributed by atoms with E-state index >= 15 is 0 Å². The third-order valence-electron chi connectivity index (χ3n) is 4.83. The van der Waals surface area contributed by atoms with Crippen molar-refractivity contribution >= 4 is 11.8 Å². The molecule has 2 amide bonds. The lowest BCUT2D eigenvalue weighted by Crippen LogP contribution is -2.47. The number of nitrogens with zero attached hydrogens (tertiary/aromatic N) is 1. The topological polar surface area (TPSA) is 124 Å². The summed E-state index contributed by atoms with van der Waals surface area (Å²) in [5, 5.41) is 6.78. The van der Waals surface area contributed by atoms with Crippen LogP contribution < -0.4 is 29.8 Å². The zero-order chi connectivity index (χ0) is 23.2.